The Morgan fingerprint density at radius 1 is 1.08 bits per heavy atom. The van der Waals surface area contributed by atoms with Gasteiger partial charge in [-0.2, -0.15) is 0 Å². The average molecular weight is 376 g/mol. The lowest BCUT2D eigenvalue weighted by molar-refractivity contribution is 0.0947. The second kappa shape index (κ2) is 8.71. The highest BCUT2D eigenvalue weighted by molar-refractivity contribution is 7.92. The lowest BCUT2D eigenvalue weighted by atomic mass is 10.0. The molecule has 2 rings (SSSR count). The van der Waals surface area contributed by atoms with Crippen molar-refractivity contribution in [3.63, 3.8) is 0 Å². The highest BCUT2D eigenvalue weighted by Gasteiger charge is 2.08. The van der Waals surface area contributed by atoms with Crippen LogP contribution in [0.4, 0.5) is 5.69 Å². The summed E-state index contributed by atoms with van der Waals surface area (Å²) < 4.78 is 30.5. The number of ether oxygens (including phenoxy) is 1. The number of rotatable bonds is 8. The van der Waals surface area contributed by atoms with Crippen LogP contribution in [-0.4, -0.2) is 33.7 Å². The van der Waals surface area contributed by atoms with E-state index in [0.717, 1.165) is 17.6 Å². The predicted octanol–water partition coefficient (Wildman–Crippen LogP) is 2.99. The molecule has 2 aromatic rings. The van der Waals surface area contributed by atoms with Gasteiger partial charge in [-0.25, -0.2) is 8.42 Å². The zero-order chi connectivity index (χ0) is 19.2. The summed E-state index contributed by atoms with van der Waals surface area (Å²) in [4.78, 5) is 12.1. The number of para-hydroxylation sites is 1. The van der Waals surface area contributed by atoms with Crippen molar-refractivity contribution in [2.45, 2.75) is 19.8 Å². The van der Waals surface area contributed by atoms with E-state index in [4.69, 9.17) is 4.74 Å². The van der Waals surface area contributed by atoms with Crippen molar-refractivity contribution >= 4 is 21.6 Å². The molecule has 0 fully saturated rings. The Hall–Kier alpha value is -2.54. The number of benzene rings is 2. The Kier molecular flexibility index (Phi) is 6.63. The van der Waals surface area contributed by atoms with Crippen molar-refractivity contribution < 1.29 is 17.9 Å². The molecule has 1 amide bonds. The van der Waals surface area contributed by atoms with Crippen LogP contribution in [0, 0.1) is 0 Å². The maximum absolute atomic E-state index is 12.1. The number of nitrogens with one attached hydrogen (secondary N) is 2. The summed E-state index contributed by atoms with van der Waals surface area (Å²) in [6.45, 7) is 4.94. The van der Waals surface area contributed by atoms with Crippen LogP contribution in [0.2, 0.25) is 0 Å². The first-order chi connectivity index (χ1) is 12.3. The fourth-order valence-corrected chi connectivity index (χ4v) is 2.98. The Morgan fingerprint density at radius 2 is 1.73 bits per heavy atom. The molecule has 0 atom stereocenters. The summed E-state index contributed by atoms with van der Waals surface area (Å²) in [5.41, 5.74) is 2.00. The maximum atomic E-state index is 12.1. The van der Waals surface area contributed by atoms with Gasteiger partial charge in [0.25, 0.3) is 5.91 Å². The van der Waals surface area contributed by atoms with Gasteiger partial charge >= 0.3 is 0 Å². The van der Waals surface area contributed by atoms with Gasteiger partial charge in [0.15, 0.2) is 0 Å². The zero-order valence-corrected chi connectivity index (χ0v) is 16.0. The van der Waals surface area contributed by atoms with Crippen LogP contribution >= 0.6 is 0 Å². The summed E-state index contributed by atoms with van der Waals surface area (Å²) in [5, 5.41) is 2.78. The number of amides is 1. The minimum absolute atomic E-state index is 0.239. The van der Waals surface area contributed by atoms with E-state index in [1.807, 2.05) is 24.3 Å². The van der Waals surface area contributed by atoms with Gasteiger partial charge in [0.05, 0.1) is 12.8 Å². The second-order valence-corrected chi connectivity index (χ2v) is 8.00. The molecular weight excluding hydrogens is 352 g/mol. The Balaban J connectivity index is 1.84. The summed E-state index contributed by atoms with van der Waals surface area (Å²) in [6.07, 6.45) is 1.07. The van der Waals surface area contributed by atoms with Gasteiger partial charge in [0.1, 0.15) is 12.4 Å². The SMILES string of the molecule is CC(C)c1ccccc1OCCNC(=O)c1ccc(NS(C)(=O)=O)cc1. The normalized spacial score (nSPS) is 11.2. The largest absolute Gasteiger partial charge is 0.491 e. The van der Waals surface area contributed by atoms with E-state index in [-0.39, 0.29) is 5.91 Å². The minimum Gasteiger partial charge on any atom is -0.491 e. The lowest BCUT2D eigenvalue weighted by Crippen LogP contribution is -2.28. The molecule has 0 aromatic heterocycles. The molecule has 0 radical (unpaired) electrons. The van der Waals surface area contributed by atoms with Gasteiger partial charge in [0, 0.05) is 11.3 Å². The van der Waals surface area contributed by atoms with Gasteiger partial charge in [-0.1, -0.05) is 32.0 Å². The van der Waals surface area contributed by atoms with Crippen LogP contribution in [0.5, 0.6) is 5.75 Å². The number of sulfonamides is 1. The molecule has 26 heavy (non-hydrogen) atoms. The molecule has 7 heteroatoms. The van der Waals surface area contributed by atoms with Crippen LogP contribution in [0.15, 0.2) is 48.5 Å². The average Bonchev–Trinajstić information content (AvgIpc) is 2.58. The molecule has 0 saturated carbocycles. The third-order valence-electron chi connectivity index (χ3n) is 3.64. The maximum Gasteiger partial charge on any atom is 0.251 e. The van der Waals surface area contributed by atoms with Gasteiger partial charge in [-0.05, 0) is 41.8 Å². The summed E-state index contributed by atoms with van der Waals surface area (Å²) in [7, 11) is -3.33. The molecule has 2 N–H and O–H groups in total. The van der Waals surface area contributed by atoms with E-state index in [2.05, 4.69) is 23.9 Å². The number of carbonyl (C=O) groups is 1. The monoisotopic (exact) mass is 376 g/mol. The number of hydrogen-bond acceptors (Lipinski definition) is 4. The molecule has 0 saturated heterocycles. The molecule has 0 spiro atoms. The van der Waals surface area contributed by atoms with E-state index in [1.54, 1.807) is 24.3 Å². The van der Waals surface area contributed by atoms with E-state index >= 15 is 0 Å². The molecule has 0 aliphatic rings. The van der Waals surface area contributed by atoms with Crippen LogP contribution in [0.3, 0.4) is 0 Å². The molecule has 0 aliphatic carbocycles. The minimum atomic E-state index is -3.33. The third kappa shape index (κ3) is 6.07. The Bertz CT molecular complexity index is 846. The van der Waals surface area contributed by atoms with Gasteiger partial charge in [-0.3, -0.25) is 9.52 Å². The van der Waals surface area contributed by atoms with Crippen molar-refractivity contribution in [2.75, 3.05) is 24.1 Å². The second-order valence-electron chi connectivity index (χ2n) is 6.25. The predicted molar refractivity (Wildman–Crippen MR) is 103 cm³/mol. The van der Waals surface area contributed by atoms with Crippen molar-refractivity contribution in [2.24, 2.45) is 0 Å². The van der Waals surface area contributed by atoms with Crippen LogP contribution in [0.25, 0.3) is 0 Å². The number of hydrogen-bond donors (Lipinski definition) is 2. The Morgan fingerprint density at radius 3 is 2.35 bits per heavy atom. The fraction of sp³-hybridized carbons (Fsp3) is 0.316. The van der Waals surface area contributed by atoms with E-state index in [0.29, 0.717) is 30.3 Å². The van der Waals surface area contributed by atoms with Crippen molar-refractivity contribution in [1.29, 1.82) is 0 Å². The van der Waals surface area contributed by atoms with E-state index in [1.165, 1.54) is 0 Å². The molecule has 2 aromatic carbocycles. The highest BCUT2D eigenvalue weighted by Crippen LogP contribution is 2.25. The summed E-state index contributed by atoms with van der Waals surface area (Å²) in [6, 6.07) is 14.1. The standard InChI is InChI=1S/C19H24N2O4S/c1-14(2)17-6-4-5-7-18(17)25-13-12-20-19(22)15-8-10-16(11-9-15)21-26(3,23)24/h4-11,14,21H,12-13H2,1-3H3,(H,20,22). The van der Waals surface area contributed by atoms with Crippen molar-refractivity contribution in [1.82, 2.24) is 5.32 Å². The molecule has 140 valence electrons. The molecule has 0 aliphatic heterocycles. The molecule has 0 heterocycles. The van der Waals surface area contributed by atoms with Crippen molar-refractivity contribution in [3.05, 3.63) is 59.7 Å². The van der Waals surface area contributed by atoms with Crippen LogP contribution in [0.1, 0.15) is 35.7 Å². The molecule has 6 nitrogen and oxygen atoms in total. The molecule has 0 bridgehead atoms. The summed E-state index contributed by atoms with van der Waals surface area (Å²) >= 11 is 0. The third-order valence-corrected chi connectivity index (χ3v) is 4.24. The summed E-state index contributed by atoms with van der Waals surface area (Å²) in [5.74, 6) is 0.949. The lowest BCUT2D eigenvalue weighted by Gasteiger charge is -2.14. The van der Waals surface area contributed by atoms with Gasteiger partial charge in [-0.15, -0.1) is 0 Å². The smallest absolute Gasteiger partial charge is 0.251 e. The molecule has 0 unspecified atom stereocenters. The van der Waals surface area contributed by atoms with Gasteiger partial charge in [0.2, 0.25) is 10.0 Å². The first-order valence-electron chi connectivity index (χ1n) is 8.34. The first kappa shape index (κ1) is 19.8. The van der Waals surface area contributed by atoms with E-state index in [9.17, 15) is 13.2 Å². The first-order valence-corrected chi connectivity index (χ1v) is 10.2. The van der Waals surface area contributed by atoms with Crippen LogP contribution in [-0.2, 0) is 10.0 Å². The van der Waals surface area contributed by atoms with Crippen LogP contribution < -0.4 is 14.8 Å². The van der Waals surface area contributed by atoms with Gasteiger partial charge < -0.3 is 10.1 Å². The van der Waals surface area contributed by atoms with E-state index < -0.39 is 10.0 Å². The number of carbonyl (C=O) groups excluding carboxylic acids is 1. The topological polar surface area (TPSA) is 84.5 Å². The fourth-order valence-electron chi connectivity index (χ4n) is 2.42. The Labute approximate surface area is 154 Å². The highest BCUT2D eigenvalue weighted by atomic mass is 32.2. The zero-order valence-electron chi connectivity index (χ0n) is 15.2. The van der Waals surface area contributed by atoms with Crippen molar-refractivity contribution in [3.8, 4) is 5.75 Å². The number of anilines is 1. The molecular formula is C19H24N2O4S. The quantitative estimate of drug-likeness (QED) is 0.694.